The molecule has 3 N–H and O–H groups in total. The molecule has 90 valence electrons. The Balaban J connectivity index is 2.04. The number of carbonyl (C=O) groups excluding carboxylic acids is 1. The molecule has 1 amide bonds. The van der Waals surface area contributed by atoms with Crippen molar-refractivity contribution in [1.29, 1.82) is 0 Å². The lowest BCUT2D eigenvalue weighted by Gasteiger charge is -2.03. The van der Waals surface area contributed by atoms with Gasteiger partial charge < -0.3 is 11.1 Å². The van der Waals surface area contributed by atoms with Gasteiger partial charge in [-0.3, -0.25) is 4.79 Å². The molecule has 0 spiro atoms. The second kappa shape index (κ2) is 6.01. The van der Waals surface area contributed by atoms with E-state index in [0.29, 0.717) is 12.1 Å². The summed E-state index contributed by atoms with van der Waals surface area (Å²) in [5.41, 5.74) is 7.61. The highest BCUT2D eigenvalue weighted by Crippen LogP contribution is 2.12. The molecule has 18 heavy (non-hydrogen) atoms. The van der Waals surface area contributed by atoms with Crippen LogP contribution in [0.1, 0.15) is 15.9 Å². The zero-order valence-electron chi connectivity index (χ0n) is 9.64. The predicted molar refractivity (Wildman–Crippen MR) is 74.6 cm³/mol. The minimum atomic E-state index is -0.1000. The lowest BCUT2D eigenvalue weighted by atomic mass is 10.2. The van der Waals surface area contributed by atoms with Gasteiger partial charge in [0, 0.05) is 16.6 Å². The minimum Gasteiger partial charge on any atom is -0.322 e. The predicted octanol–water partition coefficient (Wildman–Crippen LogP) is 2.31. The first-order chi connectivity index (χ1) is 8.79. The molecule has 1 aromatic carbocycles. The van der Waals surface area contributed by atoms with Crippen LogP contribution in [0.15, 0.2) is 41.1 Å². The van der Waals surface area contributed by atoms with E-state index >= 15 is 0 Å². The van der Waals surface area contributed by atoms with Gasteiger partial charge >= 0.3 is 0 Å². The van der Waals surface area contributed by atoms with Crippen LogP contribution >= 0.6 is 11.3 Å². The van der Waals surface area contributed by atoms with Crippen molar-refractivity contribution in [2.75, 3.05) is 11.9 Å². The van der Waals surface area contributed by atoms with Crippen molar-refractivity contribution in [3.05, 3.63) is 52.2 Å². The van der Waals surface area contributed by atoms with E-state index in [9.17, 15) is 4.79 Å². The van der Waals surface area contributed by atoms with Crippen molar-refractivity contribution in [3.63, 3.8) is 0 Å². The van der Waals surface area contributed by atoms with Gasteiger partial charge in [0.15, 0.2) is 0 Å². The van der Waals surface area contributed by atoms with E-state index in [2.05, 4.69) is 17.2 Å². The number of amides is 1. The second-order valence-electron chi connectivity index (χ2n) is 3.55. The van der Waals surface area contributed by atoms with Gasteiger partial charge in [0.2, 0.25) is 0 Å². The molecular formula is C14H12N2OS. The van der Waals surface area contributed by atoms with E-state index in [-0.39, 0.29) is 5.91 Å². The number of anilines is 1. The molecule has 2 aromatic rings. The largest absolute Gasteiger partial charge is 0.322 e. The molecule has 0 atom stereocenters. The molecule has 0 radical (unpaired) electrons. The fourth-order valence-electron chi connectivity index (χ4n) is 1.39. The third-order valence-electron chi connectivity index (χ3n) is 2.26. The van der Waals surface area contributed by atoms with E-state index in [0.717, 1.165) is 11.3 Å². The van der Waals surface area contributed by atoms with Crippen molar-refractivity contribution >= 4 is 22.9 Å². The third kappa shape index (κ3) is 3.20. The topological polar surface area (TPSA) is 55.1 Å². The van der Waals surface area contributed by atoms with Gasteiger partial charge in [-0.1, -0.05) is 11.8 Å². The van der Waals surface area contributed by atoms with Crippen LogP contribution in [0.4, 0.5) is 5.69 Å². The number of thiophene rings is 1. The summed E-state index contributed by atoms with van der Waals surface area (Å²) in [5, 5.41) is 6.51. The zero-order valence-corrected chi connectivity index (χ0v) is 10.5. The summed E-state index contributed by atoms with van der Waals surface area (Å²) < 4.78 is 0. The van der Waals surface area contributed by atoms with Gasteiger partial charge in [-0.15, -0.1) is 0 Å². The van der Waals surface area contributed by atoms with Gasteiger partial charge in [0.1, 0.15) is 0 Å². The molecule has 4 heteroatoms. The maximum atomic E-state index is 11.8. The van der Waals surface area contributed by atoms with Crippen molar-refractivity contribution < 1.29 is 4.79 Å². The first-order valence-electron chi connectivity index (χ1n) is 5.42. The fraction of sp³-hybridized carbons (Fsp3) is 0.0714. The van der Waals surface area contributed by atoms with Crippen molar-refractivity contribution in [2.45, 2.75) is 0 Å². The summed E-state index contributed by atoms with van der Waals surface area (Å²) in [6, 6.07) is 9.15. The van der Waals surface area contributed by atoms with Gasteiger partial charge in [0.05, 0.1) is 12.1 Å². The number of nitrogens with one attached hydrogen (secondary N) is 1. The summed E-state index contributed by atoms with van der Waals surface area (Å²) in [6.07, 6.45) is 0. The van der Waals surface area contributed by atoms with Crippen molar-refractivity contribution in [1.82, 2.24) is 0 Å². The Kier molecular flexibility index (Phi) is 4.13. The van der Waals surface area contributed by atoms with Gasteiger partial charge in [-0.2, -0.15) is 11.3 Å². The second-order valence-corrected chi connectivity index (χ2v) is 4.33. The molecule has 1 heterocycles. The Bertz CT molecular complexity index is 577. The highest BCUT2D eigenvalue weighted by molar-refractivity contribution is 7.08. The monoisotopic (exact) mass is 256 g/mol. The number of benzene rings is 1. The normalized spacial score (nSPS) is 9.39. The Morgan fingerprint density at radius 2 is 2.06 bits per heavy atom. The number of carbonyl (C=O) groups is 1. The molecule has 0 aliphatic rings. The highest BCUT2D eigenvalue weighted by Gasteiger charge is 2.05. The zero-order chi connectivity index (χ0) is 12.8. The van der Waals surface area contributed by atoms with Crippen LogP contribution in [0.5, 0.6) is 0 Å². The van der Waals surface area contributed by atoms with E-state index < -0.39 is 0 Å². The van der Waals surface area contributed by atoms with Gasteiger partial charge in [0.25, 0.3) is 5.91 Å². The van der Waals surface area contributed by atoms with Crippen LogP contribution in [0.25, 0.3) is 0 Å². The molecule has 1 aromatic heterocycles. The molecule has 0 aliphatic heterocycles. The molecule has 0 saturated carbocycles. The smallest absolute Gasteiger partial charge is 0.256 e. The number of rotatable bonds is 2. The van der Waals surface area contributed by atoms with Crippen LogP contribution in [-0.4, -0.2) is 12.5 Å². The van der Waals surface area contributed by atoms with E-state index in [4.69, 9.17) is 5.73 Å². The number of nitrogens with two attached hydrogens (primary N) is 1. The molecule has 2 rings (SSSR count). The molecular weight excluding hydrogens is 244 g/mol. The maximum absolute atomic E-state index is 11.8. The molecule has 0 aliphatic carbocycles. The molecule has 0 fully saturated rings. The highest BCUT2D eigenvalue weighted by atomic mass is 32.1. The number of hydrogen-bond donors (Lipinski definition) is 2. The summed E-state index contributed by atoms with van der Waals surface area (Å²) in [4.78, 5) is 11.8. The standard InChI is InChI=1S/C14H12N2OS/c15-8-1-2-11-3-5-13(6-4-11)16-14(17)12-7-9-18-10-12/h3-7,9-10H,8,15H2,(H,16,17). The van der Waals surface area contributed by atoms with E-state index in [1.54, 1.807) is 6.07 Å². The van der Waals surface area contributed by atoms with Crippen LogP contribution < -0.4 is 11.1 Å². The summed E-state index contributed by atoms with van der Waals surface area (Å²) in [7, 11) is 0. The van der Waals surface area contributed by atoms with Crippen LogP contribution in [0.2, 0.25) is 0 Å². The lowest BCUT2D eigenvalue weighted by molar-refractivity contribution is 0.102. The first kappa shape index (κ1) is 12.4. The third-order valence-corrected chi connectivity index (χ3v) is 2.94. The Labute approximate surface area is 110 Å². The van der Waals surface area contributed by atoms with E-state index in [1.165, 1.54) is 11.3 Å². The first-order valence-corrected chi connectivity index (χ1v) is 6.36. The Morgan fingerprint density at radius 3 is 2.67 bits per heavy atom. The minimum absolute atomic E-state index is 0.1000. The molecule has 3 nitrogen and oxygen atoms in total. The fourth-order valence-corrected chi connectivity index (χ4v) is 2.02. The van der Waals surface area contributed by atoms with Gasteiger partial charge in [-0.05, 0) is 35.7 Å². The lowest BCUT2D eigenvalue weighted by Crippen LogP contribution is -2.10. The van der Waals surface area contributed by atoms with Crippen LogP contribution in [0.3, 0.4) is 0 Å². The summed E-state index contributed by atoms with van der Waals surface area (Å²) in [6.45, 7) is 0.344. The Morgan fingerprint density at radius 1 is 1.28 bits per heavy atom. The van der Waals surface area contributed by atoms with Crippen molar-refractivity contribution in [2.24, 2.45) is 5.73 Å². The molecule has 0 saturated heterocycles. The van der Waals surface area contributed by atoms with E-state index in [1.807, 2.05) is 35.0 Å². The van der Waals surface area contributed by atoms with Crippen LogP contribution in [0, 0.1) is 11.8 Å². The van der Waals surface area contributed by atoms with Crippen molar-refractivity contribution in [3.8, 4) is 11.8 Å². The quantitative estimate of drug-likeness (QED) is 0.810. The molecule has 0 bridgehead atoms. The van der Waals surface area contributed by atoms with Crippen LogP contribution in [-0.2, 0) is 0 Å². The van der Waals surface area contributed by atoms with Gasteiger partial charge in [-0.25, -0.2) is 0 Å². The summed E-state index contributed by atoms with van der Waals surface area (Å²) in [5.74, 6) is 5.61. The average Bonchev–Trinajstić information content (AvgIpc) is 2.92. The maximum Gasteiger partial charge on any atom is 0.256 e. The summed E-state index contributed by atoms with van der Waals surface area (Å²) >= 11 is 1.50. The average molecular weight is 256 g/mol. The molecule has 0 unspecified atom stereocenters. The Hall–Kier alpha value is -2.09. The number of hydrogen-bond acceptors (Lipinski definition) is 3. The SMILES string of the molecule is NCC#Cc1ccc(NC(=O)c2ccsc2)cc1.